The number of unbranched alkanes of at least 4 members (excludes halogenated alkanes) is 16. The van der Waals surface area contributed by atoms with Gasteiger partial charge in [-0.1, -0.05) is 110 Å². The minimum absolute atomic E-state index is 0.164. The van der Waals surface area contributed by atoms with Gasteiger partial charge in [-0.25, -0.2) is 14.1 Å². The van der Waals surface area contributed by atoms with E-state index in [1.54, 1.807) is 18.2 Å². The van der Waals surface area contributed by atoms with Crippen LogP contribution in [0, 0.1) is 22.7 Å². The quantitative estimate of drug-likeness (QED) is 0.0384. The highest BCUT2D eigenvalue weighted by atomic mass is 31.2. The molecule has 6 atom stereocenters. The van der Waals surface area contributed by atoms with Crippen molar-refractivity contribution >= 4 is 19.2 Å². The van der Waals surface area contributed by atoms with Gasteiger partial charge in [0.2, 0.25) is 5.60 Å². The lowest BCUT2D eigenvalue weighted by Gasteiger charge is -2.26. The molecule has 0 aliphatic carbocycles. The number of hydrogen-bond donors (Lipinski definition) is 4. The van der Waals surface area contributed by atoms with Crippen LogP contribution in [0.3, 0.4) is 0 Å². The highest BCUT2D eigenvalue weighted by molar-refractivity contribution is 7.47. The van der Waals surface area contributed by atoms with Gasteiger partial charge < -0.3 is 39.8 Å². The van der Waals surface area contributed by atoms with Gasteiger partial charge in [0.15, 0.2) is 5.82 Å². The molecular weight excluding hydrogens is 779 g/mol. The Hall–Kier alpha value is -3.99. The first-order valence-corrected chi connectivity index (χ1v) is 22.5. The smallest absolute Gasteiger partial charge is 0.472 e. The number of phosphoric ester groups is 1. The minimum atomic E-state index is -4.89. The number of nitrogen functional groups attached to an aromatic ring is 1. The SMILES string of the molecule is CCCCCCCCCCCCCCCCCCC[C@H](COP(=O)(O)OC[C@@]1(C#N)O[C@@H](c2ccc3c(N)ncnn23)[C@H](O)[C@@H]1O)Oc1cc(OC)c(C#N)c(OC)c1. The van der Waals surface area contributed by atoms with Gasteiger partial charge in [0.25, 0.3) is 0 Å². The molecule has 3 aromatic rings. The molecule has 0 amide bonds. The molecule has 2 aromatic heterocycles. The third-order valence-corrected chi connectivity index (χ3v) is 11.8. The largest absolute Gasteiger partial charge is 0.495 e. The molecule has 1 unspecified atom stereocenters. The van der Waals surface area contributed by atoms with Gasteiger partial charge in [0, 0.05) is 12.1 Å². The van der Waals surface area contributed by atoms with E-state index in [0.717, 1.165) is 25.7 Å². The second-order valence-corrected chi connectivity index (χ2v) is 16.7. The number of rotatable bonds is 29. The molecule has 1 aliphatic heterocycles. The number of aliphatic hydroxyl groups is 2. The molecule has 17 heteroatoms. The van der Waals surface area contributed by atoms with E-state index in [1.807, 2.05) is 0 Å². The fourth-order valence-corrected chi connectivity index (χ4v) is 8.18. The molecule has 3 heterocycles. The lowest BCUT2D eigenvalue weighted by atomic mass is 9.96. The number of fused-ring (bicyclic) bond motifs is 1. The summed E-state index contributed by atoms with van der Waals surface area (Å²) >= 11 is 0. The Kier molecular flexibility index (Phi) is 19.6. The van der Waals surface area contributed by atoms with Crippen LogP contribution in [0.2, 0.25) is 0 Å². The predicted molar refractivity (Wildman–Crippen MR) is 221 cm³/mol. The van der Waals surface area contributed by atoms with E-state index in [2.05, 4.69) is 23.1 Å². The Bertz CT molecular complexity index is 1840. The normalized spacial score (nSPS) is 20.5. The number of nitrogens with two attached hydrogens (primary N) is 1. The molecule has 0 saturated carbocycles. The first-order chi connectivity index (χ1) is 28.5. The molecule has 1 aromatic carbocycles. The third-order valence-electron chi connectivity index (χ3n) is 10.8. The topological polar surface area (TPSA) is 237 Å². The summed E-state index contributed by atoms with van der Waals surface area (Å²) in [5.41, 5.74) is 4.55. The number of benzene rings is 1. The van der Waals surface area contributed by atoms with Crippen molar-refractivity contribution < 1.29 is 47.7 Å². The van der Waals surface area contributed by atoms with Gasteiger partial charge in [-0.3, -0.25) is 9.05 Å². The molecule has 4 rings (SSSR count). The number of hydrogen-bond acceptors (Lipinski definition) is 14. The third kappa shape index (κ3) is 13.8. The van der Waals surface area contributed by atoms with Gasteiger partial charge in [0.05, 0.1) is 26.5 Å². The van der Waals surface area contributed by atoms with Crippen LogP contribution < -0.4 is 19.9 Å². The number of aliphatic hydroxyl groups excluding tert-OH is 2. The van der Waals surface area contributed by atoms with E-state index in [1.165, 1.54) is 121 Å². The molecule has 1 saturated heterocycles. The van der Waals surface area contributed by atoms with E-state index in [0.29, 0.717) is 17.7 Å². The lowest BCUT2D eigenvalue weighted by molar-refractivity contribution is -0.0750. The molecule has 326 valence electrons. The van der Waals surface area contributed by atoms with E-state index in [9.17, 15) is 30.2 Å². The summed E-state index contributed by atoms with van der Waals surface area (Å²) in [4.78, 5) is 14.7. The van der Waals surface area contributed by atoms with Crippen molar-refractivity contribution in [1.29, 1.82) is 10.5 Å². The first kappa shape index (κ1) is 47.7. The van der Waals surface area contributed by atoms with Crippen LogP contribution >= 0.6 is 7.82 Å². The zero-order chi connectivity index (χ0) is 42.7. The van der Waals surface area contributed by atoms with Gasteiger partial charge in [-0.15, -0.1) is 0 Å². The maximum atomic E-state index is 13.2. The zero-order valence-electron chi connectivity index (χ0n) is 34.8. The van der Waals surface area contributed by atoms with Crippen LogP contribution in [-0.2, 0) is 18.3 Å². The van der Waals surface area contributed by atoms with Crippen molar-refractivity contribution in [2.75, 3.05) is 33.2 Å². The molecule has 0 bridgehead atoms. The Balaban J connectivity index is 1.28. The van der Waals surface area contributed by atoms with Crippen molar-refractivity contribution in [2.45, 2.75) is 153 Å². The van der Waals surface area contributed by atoms with Gasteiger partial charge in [-0.05, 0) is 25.0 Å². The van der Waals surface area contributed by atoms with E-state index in [-0.39, 0.29) is 35.2 Å². The van der Waals surface area contributed by atoms with E-state index < -0.39 is 44.4 Å². The molecular formula is C42H63N6O10P. The Morgan fingerprint density at radius 1 is 0.898 bits per heavy atom. The second kappa shape index (κ2) is 24.3. The van der Waals surface area contributed by atoms with Gasteiger partial charge in [0.1, 0.15) is 77.8 Å². The first-order valence-electron chi connectivity index (χ1n) is 21.0. The summed E-state index contributed by atoms with van der Waals surface area (Å²) in [7, 11) is -2.05. The Labute approximate surface area is 348 Å². The van der Waals surface area contributed by atoms with Crippen molar-refractivity contribution in [3.05, 3.63) is 41.9 Å². The number of nitrogens with zero attached hydrogens (tertiary/aromatic N) is 5. The molecule has 0 radical (unpaired) electrons. The highest BCUT2D eigenvalue weighted by Crippen LogP contribution is 2.48. The van der Waals surface area contributed by atoms with Crippen LogP contribution in [0.1, 0.15) is 140 Å². The molecule has 59 heavy (non-hydrogen) atoms. The van der Waals surface area contributed by atoms with Crippen LogP contribution in [0.5, 0.6) is 17.2 Å². The molecule has 0 spiro atoms. The average Bonchev–Trinajstić information content (AvgIpc) is 3.78. The van der Waals surface area contributed by atoms with E-state index >= 15 is 0 Å². The number of aromatic nitrogens is 3. The lowest BCUT2D eigenvalue weighted by Crippen LogP contribution is -2.45. The summed E-state index contributed by atoms with van der Waals surface area (Å²) in [6, 6.07) is 10.1. The minimum Gasteiger partial charge on any atom is -0.495 e. The number of methoxy groups -OCH3 is 2. The molecule has 16 nitrogen and oxygen atoms in total. The monoisotopic (exact) mass is 842 g/mol. The maximum absolute atomic E-state index is 13.2. The molecule has 5 N–H and O–H groups in total. The maximum Gasteiger partial charge on any atom is 0.472 e. The summed E-state index contributed by atoms with van der Waals surface area (Å²) in [6.45, 7) is 0.951. The van der Waals surface area contributed by atoms with Crippen LogP contribution in [0.25, 0.3) is 5.52 Å². The van der Waals surface area contributed by atoms with Crippen LogP contribution in [-0.4, -0.2) is 81.1 Å². The van der Waals surface area contributed by atoms with Crippen LogP contribution in [0.4, 0.5) is 5.82 Å². The average molecular weight is 843 g/mol. The van der Waals surface area contributed by atoms with E-state index in [4.69, 9.17) is 33.7 Å². The molecule has 1 fully saturated rings. The fourth-order valence-electron chi connectivity index (χ4n) is 7.40. The standard InChI is InChI=1S/C42H63N6O10P/c1-4-5-6-7-8-9-10-11-12-13-14-15-16-17-18-19-20-21-31(57-32-24-36(53-2)33(26-43)37(25-32)54-3)27-55-59(51,52)56-29-42(28-44)40(50)38(49)39(58-42)34-22-23-35-41(45)46-30-47-48(34)35/h22-25,30-31,38-40,49-50H,4-21,27,29H2,1-3H3,(H,51,52)(H2,45,46,47)/t31-,38+,39+,40+,42-/m1/s1. The Morgan fingerprint density at radius 3 is 1.98 bits per heavy atom. The summed E-state index contributed by atoms with van der Waals surface area (Å²) < 4.78 is 48.1. The van der Waals surface area contributed by atoms with Crippen molar-refractivity contribution in [1.82, 2.24) is 14.6 Å². The predicted octanol–water partition coefficient (Wildman–Crippen LogP) is 7.88. The highest BCUT2D eigenvalue weighted by Gasteiger charge is 2.57. The fraction of sp³-hybridized carbons (Fsp3) is 0.667. The zero-order valence-corrected chi connectivity index (χ0v) is 35.7. The Morgan fingerprint density at radius 2 is 1.46 bits per heavy atom. The van der Waals surface area contributed by atoms with Crippen molar-refractivity contribution in [3.63, 3.8) is 0 Å². The summed E-state index contributed by atoms with van der Waals surface area (Å²) in [5.74, 6) is 0.925. The number of nitriles is 2. The van der Waals surface area contributed by atoms with Crippen molar-refractivity contribution in [2.24, 2.45) is 0 Å². The molecule has 1 aliphatic rings. The van der Waals surface area contributed by atoms with Gasteiger partial charge >= 0.3 is 7.82 Å². The van der Waals surface area contributed by atoms with Crippen LogP contribution in [0.15, 0.2) is 30.6 Å². The summed E-state index contributed by atoms with van der Waals surface area (Å²) in [6.07, 6.45) is 17.1. The van der Waals surface area contributed by atoms with Crippen molar-refractivity contribution in [3.8, 4) is 29.4 Å². The number of ether oxygens (including phenoxy) is 4. The van der Waals surface area contributed by atoms with Gasteiger partial charge in [-0.2, -0.15) is 15.6 Å². The second-order valence-electron chi connectivity index (χ2n) is 15.2. The number of anilines is 1. The summed E-state index contributed by atoms with van der Waals surface area (Å²) in [5, 5.41) is 45.7. The number of phosphoric acid groups is 1.